The number of rotatable bonds is 4. The van der Waals surface area contributed by atoms with Crippen LogP contribution in [-0.2, 0) is 6.42 Å². The van der Waals surface area contributed by atoms with Gasteiger partial charge in [-0.15, -0.1) is 0 Å². The molecule has 0 atom stereocenters. The minimum Gasteiger partial charge on any atom is -0.508 e. The van der Waals surface area contributed by atoms with E-state index in [-0.39, 0.29) is 5.75 Å². The maximum absolute atomic E-state index is 9.33. The Labute approximate surface area is 126 Å². The molecule has 0 aliphatic heterocycles. The van der Waals surface area contributed by atoms with Gasteiger partial charge in [-0.3, -0.25) is 0 Å². The average Bonchev–Trinajstić information content (AvgIpc) is 2.42. The van der Waals surface area contributed by atoms with E-state index >= 15 is 0 Å². The molecular weight excluding hydrogens is 353 g/mol. The summed E-state index contributed by atoms with van der Waals surface area (Å²) in [5.41, 5.74) is 1.94. The Morgan fingerprint density at radius 3 is 2.42 bits per heavy atom. The zero-order valence-electron chi connectivity index (χ0n) is 10.9. The Hall–Kier alpha value is -1.37. The van der Waals surface area contributed by atoms with Crippen molar-refractivity contribution in [3.8, 4) is 17.1 Å². The number of phenolic OH excluding ortho intramolecular Hbond substituents is 1. The molecule has 2 N–H and O–H groups in total. The molecule has 100 valence electrons. The molecule has 4 nitrogen and oxygen atoms in total. The van der Waals surface area contributed by atoms with Crippen LogP contribution in [0.2, 0.25) is 0 Å². The van der Waals surface area contributed by atoms with Crippen LogP contribution in [0.15, 0.2) is 24.3 Å². The molecule has 1 aromatic carbocycles. The van der Waals surface area contributed by atoms with Crippen LogP contribution in [0.4, 0.5) is 5.82 Å². The average molecular weight is 369 g/mol. The molecule has 0 amide bonds. The van der Waals surface area contributed by atoms with Gasteiger partial charge in [0.05, 0.1) is 9.26 Å². The van der Waals surface area contributed by atoms with E-state index in [1.54, 1.807) is 12.1 Å². The molecule has 5 heteroatoms. The normalized spacial score (nSPS) is 10.5. The second-order valence-electron chi connectivity index (χ2n) is 4.09. The number of nitrogens with one attached hydrogen (secondary N) is 1. The summed E-state index contributed by atoms with van der Waals surface area (Å²) >= 11 is 2.28. The minimum absolute atomic E-state index is 0.247. The number of nitrogens with zero attached hydrogens (tertiary/aromatic N) is 2. The van der Waals surface area contributed by atoms with Crippen LogP contribution in [-0.4, -0.2) is 21.6 Å². The van der Waals surface area contributed by atoms with Crippen molar-refractivity contribution in [2.45, 2.75) is 20.3 Å². The van der Waals surface area contributed by atoms with Gasteiger partial charge in [0.25, 0.3) is 0 Å². The fourth-order valence-electron chi connectivity index (χ4n) is 1.75. The van der Waals surface area contributed by atoms with Crippen molar-refractivity contribution in [1.29, 1.82) is 0 Å². The predicted octanol–water partition coefficient (Wildman–Crippen LogP) is 3.45. The Bertz CT molecular complexity index is 570. The van der Waals surface area contributed by atoms with Gasteiger partial charge in [-0.25, -0.2) is 9.97 Å². The van der Waals surface area contributed by atoms with Gasteiger partial charge in [0, 0.05) is 12.1 Å². The minimum atomic E-state index is 0.247. The van der Waals surface area contributed by atoms with Crippen LogP contribution in [0.3, 0.4) is 0 Å². The number of anilines is 1. The van der Waals surface area contributed by atoms with Crippen LogP contribution >= 0.6 is 22.6 Å². The number of aromatic nitrogens is 2. The summed E-state index contributed by atoms with van der Waals surface area (Å²) in [5, 5.41) is 12.6. The Balaban J connectivity index is 2.51. The molecule has 1 aromatic heterocycles. The zero-order valence-corrected chi connectivity index (χ0v) is 13.1. The number of aromatic hydroxyl groups is 1. The highest BCUT2D eigenvalue weighted by atomic mass is 127. The Kier molecular flexibility index (Phi) is 4.57. The number of hydrogen-bond donors (Lipinski definition) is 2. The van der Waals surface area contributed by atoms with Crippen molar-refractivity contribution < 1.29 is 5.11 Å². The smallest absolute Gasteiger partial charge is 0.161 e. The molecule has 19 heavy (non-hydrogen) atoms. The monoisotopic (exact) mass is 369 g/mol. The number of hydrogen-bond acceptors (Lipinski definition) is 4. The second-order valence-corrected chi connectivity index (χ2v) is 5.17. The molecule has 0 radical (unpaired) electrons. The van der Waals surface area contributed by atoms with E-state index in [2.05, 4.69) is 44.8 Å². The summed E-state index contributed by atoms with van der Waals surface area (Å²) in [6.07, 6.45) is 0.865. The summed E-state index contributed by atoms with van der Waals surface area (Å²) < 4.78 is 1.07. The number of benzene rings is 1. The molecule has 2 aromatic rings. The number of phenols is 1. The lowest BCUT2D eigenvalue weighted by Gasteiger charge is -2.11. The first-order valence-electron chi connectivity index (χ1n) is 6.25. The maximum Gasteiger partial charge on any atom is 0.161 e. The molecule has 1 heterocycles. The fourth-order valence-corrected chi connectivity index (χ4v) is 2.57. The van der Waals surface area contributed by atoms with Crippen molar-refractivity contribution >= 4 is 28.4 Å². The first-order chi connectivity index (χ1) is 9.15. The maximum atomic E-state index is 9.33. The quantitative estimate of drug-likeness (QED) is 0.811. The largest absolute Gasteiger partial charge is 0.508 e. The predicted molar refractivity (Wildman–Crippen MR) is 85.4 cm³/mol. The van der Waals surface area contributed by atoms with Crippen LogP contribution < -0.4 is 5.32 Å². The topological polar surface area (TPSA) is 58.0 Å². The third-order valence-electron chi connectivity index (χ3n) is 2.72. The third kappa shape index (κ3) is 3.15. The second kappa shape index (κ2) is 6.18. The van der Waals surface area contributed by atoms with Gasteiger partial charge < -0.3 is 10.4 Å². The number of halogens is 1. The van der Waals surface area contributed by atoms with Crippen molar-refractivity contribution in [2.75, 3.05) is 11.9 Å². The molecule has 0 saturated carbocycles. The van der Waals surface area contributed by atoms with Crippen molar-refractivity contribution in [3.63, 3.8) is 0 Å². The van der Waals surface area contributed by atoms with Gasteiger partial charge in [0.1, 0.15) is 11.6 Å². The van der Waals surface area contributed by atoms with Gasteiger partial charge in [-0.1, -0.05) is 6.92 Å². The van der Waals surface area contributed by atoms with E-state index in [0.29, 0.717) is 5.82 Å². The molecule has 0 aliphatic carbocycles. The molecule has 0 spiro atoms. The van der Waals surface area contributed by atoms with Gasteiger partial charge in [0.2, 0.25) is 0 Å². The molecule has 0 aliphatic rings. The highest BCUT2D eigenvalue weighted by molar-refractivity contribution is 14.1. The SMILES string of the molecule is CCNc1nc(-c2ccc(O)cc2)nc(CC)c1I. The lowest BCUT2D eigenvalue weighted by Crippen LogP contribution is -2.07. The first-order valence-corrected chi connectivity index (χ1v) is 7.33. The van der Waals surface area contributed by atoms with E-state index in [0.717, 1.165) is 33.6 Å². The summed E-state index contributed by atoms with van der Waals surface area (Å²) in [6, 6.07) is 6.95. The van der Waals surface area contributed by atoms with E-state index < -0.39 is 0 Å². The van der Waals surface area contributed by atoms with E-state index in [1.807, 2.05) is 19.1 Å². The van der Waals surface area contributed by atoms with Crippen LogP contribution in [0.1, 0.15) is 19.5 Å². The lowest BCUT2D eigenvalue weighted by atomic mass is 10.2. The molecule has 0 fully saturated rings. The van der Waals surface area contributed by atoms with Crippen molar-refractivity contribution in [2.24, 2.45) is 0 Å². The summed E-state index contributed by atoms with van der Waals surface area (Å²) in [6.45, 7) is 4.95. The molecule has 0 bridgehead atoms. The summed E-state index contributed by atoms with van der Waals surface area (Å²) in [5.74, 6) is 1.81. The highest BCUT2D eigenvalue weighted by Gasteiger charge is 2.11. The summed E-state index contributed by atoms with van der Waals surface area (Å²) in [4.78, 5) is 9.15. The molecular formula is C14H16IN3O. The van der Waals surface area contributed by atoms with E-state index in [1.165, 1.54) is 0 Å². The third-order valence-corrected chi connectivity index (χ3v) is 3.86. The molecule has 2 rings (SSSR count). The van der Waals surface area contributed by atoms with Crippen LogP contribution in [0.25, 0.3) is 11.4 Å². The fraction of sp³-hybridized carbons (Fsp3) is 0.286. The van der Waals surface area contributed by atoms with Gasteiger partial charge >= 0.3 is 0 Å². The van der Waals surface area contributed by atoms with Gasteiger partial charge in [-0.2, -0.15) is 0 Å². The van der Waals surface area contributed by atoms with E-state index in [4.69, 9.17) is 0 Å². The lowest BCUT2D eigenvalue weighted by molar-refractivity contribution is 0.475. The number of aryl methyl sites for hydroxylation is 1. The van der Waals surface area contributed by atoms with Gasteiger partial charge in [0.15, 0.2) is 5.82 Å². The zero-order chi connectivity index (χ0) is 13.8. The van der Waals surface area contributed by atoms with Crippen LogP contribution in [0, 0.1) is 3.57 Å². The van der Waals surface area contributed by atoms with Crippen molar-refractivity contribution in [3.05, 3.63) is 33.5 Å². The molecule has 0 saturated heterocycles. The molecule has 0 unspecified atom stereocenters. The Morgan fingerprint density at radius 1 is 1.16 bits per heavy atom. The van der Waals surface area contributed by atoms with Gasteiger partial charge in [-0.05, 0) is 60.2 Å². The highest BCUT2D eigenvalue weighted by Crippen LogP contribution is 2.25. The first kappa shape index (κ1) is 14.0. The van der Waals surface area contributed by atoms with E-state index in [9.17, 15) is 5.11 Å². The van der Waals surface area contributed by atoms with Crippen molar-refractivity contribution in [1.82, 2.24) is 9.97 Å². The Morgan fingerprint density at radius 2 is 1.84 bits per heavy atom. The summed E-state index contributed by atoms with van der Waals surface area (Å²) in [7, 11) is 0. The van der Waals surface area contributed by atoms with Crippen LogP contribution in [0.5, 0.6) is 5.75 Å². The standard InChI is InChI=1S/C14H16IN3O/c1-3-11-12(15)14(16-4-2)18-13(17-11)9-5-7-10(19)8-6-9/h5-8,19H,3-4H2,1-2H3,(H,16,17,18).